The maximum atomic E-state index is 11.3. The number of anilines is 2. The first kappa shape index (κ1) is 23.6. The standard InChI is InChI=1S/C24H31N3O5/c1-17(28)25-19-7-9-21(10-8-19)32-22-11-13-27(14-12-22)15-20(30)16-31-24-6-4-3-5-23(24)26-18(2)29/h3-10,20,22,30H,11-16H2,1-2H3,(H,25,28)(H,26,29). The maximum Gasteiger partial charge on any atom is 0.221 e. The fourth-order valence-electron chi connectivity index (χ4n) is 3.64. The fraction of sp³-hybridized carbons (Fsp3) is 0.417. The number of aliphatic hydroxyl groups excluding tert-OH is 1. The molecule has 2 aromatic rings. The minimum absolute atomic E-state index is 0.101. The lowest BCUT2D eigenvalue weighted by molar-refractivity contribution is -0.115. The van der Waals surface area contributed by atoms with Crippen molar-refractivity contribution in [1.29, 1.82) is 0 Å². The number of amides is 2. The Balaban J connectivity index is 1.39. The minimum Gasteiger partial charge on any atom is -0.490 e. The number of rotatable bonds is 9. The van der Waals surface area contributed by atoms with Crippen LogP contribution in [0.25, 0.3) is 0 Å². The SMILES string of the molecule is CC(=O)Nc1ccc(OC2CCN(CC(O)COc3ccccc3NC(C)=O)CC2)cc1. The van der Waals surface area contributed by atoms with Gasteiger partial charge in [-0.05, 0) is 49.2 Å². The van der Waals surface area contributed by atoms with Gasteiger partial charge < -0.3 is 30.1 Å². The van der Waals surface area contributed by atoms with Crippen molar-refractivity contribution in [2.24, 2.45) is 0 Å². The van der Waals surface area contributed by atoms with Gasteiger partial charge in [0.05, 0.1) is 5.69 Å². The predicted molar refractivity (Wildman–Crippen MR) is 123 cm³/mol. The van der Waals surface area contributed by atoms with Crippen LogP contribution in [0, 0.1) is 0 Å². The minimum atomic E-state index is -0.640. The molecule has 1 unspecified atom stereocenters. The molecule has 3 rings (SSSR count). The molecule has 0 bridgehead atoms. The van der Waals surface area contributed by atoms with Crippen molar-refractivity contribution in [2.45, 2.75) is 38.9 Å². The number of carbonyl (C=O) groups is 2. The van der Waals surface area contributed by atoms with Crippen LogP contribution >= 0.6 is 0 Å². The smallest absolute Gasteiger partial charge is 0.221 e. The number of likely N-dealkylation sites (tertiary alicyclic amines) is 1. The number of nitrogens with one attached hydrogen (secondary N) is 2. The summed E-state index contributed by atoms with van der Waals surface area (Å²) in [6.07, 6.45) is 1.22. The second-order valence-corrected chi connectivity index (χ2v) is 7.97. The van der Waals surface area contributed by atoms with E-state index in [0.717, 1.165) is 37.4 Å². The Hall–Kier alpha value is -3.10. The van der Waals surface area contributed by atoms with Gasteiger partial charge in [0.25, 0.3) is 0 Å². The van der Waals surface area contributed by atoms with E-state index in [2.05, 4.69) is 15.5 Å². The van der Waals surface area contributed by atoms with E-state index < -0.39 is 6.10 Å². The van der Waals surface area contributed by atoms with Crippen molar-refractivity contribution in [3.63, 3.8) is 0 Å². The third-order valence-corrected chi connectivity index (χ3v) is 5.11. The molecule has 8 nitrogen and oxygen atoms in total. The molecule has 1 atom stereocenters. The van der Waals surface area contributed by atoms with Crippen LogP contribution in [0.2, 0.25) is 0 Å². The Labute approximate surface area is 188 Å². The average molecular weight is 442 g/mol. The first-order valence-electron chi connectivity index (χ1n) is 10.8. The van der Waals surface area contributed by atoms with Gasteiger partial charge in [-0.2, -0.15) is 0 Å². The van der Waals surface area contributed by atoms with Crippen LogP contribution in [0.3, 0.4) is 0 Å². The Morgan fingerprint density at radius 3 is 2.34 bits per heavy atom. The number of piperidine rings is 1. The van der Waals surface area contributed by atoms with Crippen molar-refractivity contribution in [2.75, 3.05) is 36.9 Å². The van der Waals surface area contributed by atoms with Crippen LogP contribution < -0.4 is 20.1 Å². The van der Waals surface area contributed by atoms with Crippen LogP contribution in [-0.2, 0) is 9.59 Å². The molecule has 32 heavy (non-hydrogen) atoms. The maximum absolute atomic E-state index is 11.3. The summed E-state index contributed by atoms with van der Waals surface area (Å²) in [5, 5.41) is 15.9. The lowest BCUT2D eigenvalue weighted by atomic mass is 10.1. The molecule has 1 heterocycles. The van der Waals surface area contributed by atoms with Gasteiger partial charge in [-0.1, -0.05) is 12.1 Å². The Morgan fingerprint density at radius 1 is 1.03 bits per heavy atom. The number of hydrogen-bond acceptors (Lipinski definition) is 6. The lowest BCUT2D eigenvalue weighted by Gasteiger charge is -2.33. The molecule has 1 aliphatic heterocycles. The molecule has 2 amide bonds. The van der Waals surface area contributed by atoms with E-state index in [1.165, 1.54) is 13.8 Å². The highest BCUT2D eigenvalue weighted by atomic mass is 16.5. The molecular formula is C24H31N3O5. The average Bonchev–Trinajstić information content (AvgIpc) is 2.75. The zero-order chi connectivity index (χ0) is 22.9. The molecule has 0 aromatic heterocycles. The zero-order valence-corrected chi connectivity index (χ0v) is 18.5. The molecule has 3 N–H and O–H groups in total. The van der Waals surface area contributed by atoms with Gasteiger partial charge in [0.1, 0.15) is 30.3 Å². The Bertz CT molecular complexity index is 895. The third kappa shape index (κ3) is 7.55. The van der Waals surface area contributed by atoms with E-state index in [1.54, 1.807) is 12.1 Å². The summed E-state index contributed by atoms with van der Waals surface area (Å²) in [6, 6.07) is 14.5. The van der Waals surface area contributed by atoms with Gasteiger partial charge in [0.2, 0.25) is 11.8 Å². The number of nitrogens with zero attached hydrogens (tertiary/aromatic N) is 1. The summed E-state index contributed by atoms with van der Waals surface area (Å²) in [5.74, 6) is 1.05. The van der Waals surface area contributed by atoms with E-state index in [0.29, 0.717) is 18.0 Å². The molecule has 0 saturated carbocycles. The van der Waals surface area contributed by atoms with Gasteiger partial charge in [-0.3, -0.25) is 9.59 Å². The predicted octanol–water partition coefficient (Wildman–Crippen LogP) is 2.89. The summed E-state index contributed by atoms with van der Waals surface area (Å²) in [5.41, 5.74) is 1.34. The largest absolute Gasteiger partial charge is 0.490 e. The highest BCUT2D eigenvalue weighted by Gasteiger charge is 2.22. The number of β-amino-alcohol motifs (C(OH)–C–C–N with tert-alkyl or cyclic N) is 1. The molecule has 2 aromatic carbocycles. The van der Waals surface area contributed by atoms with Crippen molar-refractivity contribution in [3.8, 4) is 11.5 Å². The van der Waals surface area contributed by atoms with Crippen molar-refractivity contribution in [1.82, 2.24) is 4.90 Å². The van der Waals surface area contributed by atoms with Crippen LogP contribution in [-0.4, -0.2) is 60.3 Å². The molecular weight excluding hydrogens is 410 g/mol. The molecule has 1 fully saturated rings. The van der Waals surface area contributed by atoms with Gasteiger partial charge in [-0.25, -0.2) is 0 Å². The van der Waals surface area contributed by atoms with E-state index in [9.17, 15) is 14.7 Å². The summed E-state index contributed by atoms with van der Waals surface area (Å²) >= 11 is 0. The van der Waals surface area contributed by atoms with Gasteiger partial charge in [-0.15, -0.1) is 0 Å². The molecule has 172 valence electrons. The number of aliphatic hydroxyl groups is 1. The van der Waals surface area contributed by atoms with Crippen molar-refractivity contribution in [3.05, 3.63) is 48.5 Å². The third-order valence-electron chi connectivity index (χ3n) is 5.11. The van der Waals surface area contributed by atoms with Gasteiger partial charge in [0, 0.05) is 39.2 Å². The highest BCUT2D eigenvalue weighted by molar-refractivity contribution is 5.90. The normalized spacial score (nSPS) is 15.6. The van der Waals surface area contributed by atoms with Crippen molar-refractivity contribution < 1.29 is 24.2 Å². The second kappa shape index (κ2) is 11.5. The quantitative estimate of drug-likeness (QED) is 0.553. The van der Waals surface area contributed by atoms with Crippen molar-refractivity contribution >= 4 is 23.2 Å². The number of carbonyl (C=O) groups excluding carboxylic acids is 2. The first-order valence-corrected chi connectivity index (χ1v) is 10.8. The molecule has 0 aliphatic carbocycles. The van der Waals surface area contributed by atoms with Gasteiger partial charge in [0.15, 0.2) is 0 Å². The number of benzene rings is 2. The molecule has 1 aliphatic rings. The van der Waals surface area contributed by atoms with E-state index in [4.69, 9.17) is 9.47 Å². The number of hydrogen-bond donors (Lipinski definition) is 3. The molecule has 0 spiro atoms. The Kier molecular flexibility index (Phi) is 8.47. The fourth-order valence-corrected chi connectivity index (χ4v) is 3.64. The monoisotopic (exact) mass is 441 g/mol. The van der Waals surface area contributed by atoms with Crippen LogP contribution in [0.15, 0.2) is 48.5 Å². The zero-order valence-electron chi connectivity index (χ0n) is 18.5. The lowest BCUT2D eigenvalue weighted by Crippen LogP contribution is -2.43. The van der Waals surface area contributed by atoms with Crippen LogP contribution in [0.5, 0.6) is 11.5 Å². The topological polar surface area (TPSA) is 100 Å². The summed E-state index contributed by atoms with van der Waals surface area (Å²) in [7, 11) is 0. The Morgan fingerprint density at radius 2 is 1.69 bits per heavy atom. The number of ether oxygens (including phenoxy) is 2. The van der Waals surface area contributed by atoms with E-state index in [-0.39, 0.29) is 24.5 Å². The second-order valence-electron chi connectivity index (χ2n) is 7.97. The molecule has 0 radical (unpaired) electrons. The first-order chi connectivity index (χ1) is 15.4. The number of para-hydroxylation sites is 2. The molecule has 8 heteroatoms. The molecule has 1 saturated heterocycles. The highest BCUT2D eigenvalue weighted by Crippen LogP contribution is 2.24. The van der Waals surface area contributed by atoms with Crippen LogP contribution in [0.4, 0.5) is 11.4 Å². The summed E-state index contributed by atoms with van der Waals surface area (Å²) < 4.78 is 11.8. The van der Waals surface area contributed by atoms with E-state index in [1.807, 2.05) is 36.4 Å². The van der Waals surface area contributed by atoms with E-state index >= 15 is 0 Å². The van der Waals surface area contributed by atoms with Crippen LogP contribution in [0.1, 0.15) is 26.7 Å². The summed E-state index contributed by atoms with van der Waals surface area (Å²) in [6.45, 7) is 5.24. The summed E-state index contributed by atoms with van der Waals surface area (Å²) in [4.78, 5) is 24.6. The van der Waals surface area contributed by atoms with Gasteiger partial charge >= 0.3 is 0 Å².